The molecule has 3 aromatic rings. The molecule has 0 spiro atoms. The second-order valence-corrected chi connectivity index (χ2v) is 5.90. The number of carbonyl (C=O) groups excluding carboxylic acids is 2. The van der Waals surface area contributed by atoms with Gasteiger partial charge in [0.05, 0.1) is 12.1 Å². The lowest BCUT2D eigenvalue weighted by molar-refractivity contribution is -0.120. The Bertz CT molecular complexity index is 853. The third-order valence-corrected chi connectivity index (χ3v) is 4.22. The van der Waals surface area contributed by atoms with Crippen LogP contribution in [0.5, 0.6) is 0 Å². The number of aromatic nitrogens is 2. The van der Waals surface area contributed by atoms with E-state index in [-0.39, 0.29) is 24.8 Å². The number of rotatable bonds is 5. The van der Waals surface area contributed by atoms with Gasteiger partial charge >= 0.3 is 0 Å². The van der Waals surface area contributed by atoms with Crippen LogP contribution >= 0.6 is 11.3 Å². The maximum absolute atomic E-state index is 12.2. The van der Waals surface area contributed by atoms with Crippen LogP contribution in [0.1, 0.15) is 5.69 Å². The summed E-state index contributed by atoms with van der Waals surface area (Å²) in [6.07, 6.45) is 2.11. The van der Waals surface area contributed by atoms with E-state index in [4.69, 9.17) is 0 Å². The average molecular weight is 328 g/mol. The van der Waals surface area contributed by atoms with Gasteiger partial charge in [0.25, 0.3) is 0 Å². The predicted octanol–water partition coefficient (Wildman–Crippen LogP) is 2.02. The van der Waals surface area contributed by atoms with E-state index in [0.29, 0.717) is 10.8 Å². The minimum absolute atomic E-state index is 0.105. The number of para-hydroxylation sites is 1. The van der Waals surface area contributed by atoms with Crippen molar-refractivity contribution >= 4 is 39.2 Å². The van der Waals surface area contributed by atoms with Gasteiger partial charge < -0.3 is 15.2 Å². The first-order valence-corrected chi connectivity index (χ1v) is 8.02. The zero-order valence-electron chi connectivity index (χ0n) is 12.6. The van der Waals surface area contributed by atoms with Crippen molar-refractivity contribution in [2.75, 3.05) is 12.4 Å². The number of hydrogen-bond acceptors (Lipinski definition) is 4. The summed E-state index contributed by atoms with van der Waals surface area (Å²) in [7, 11) is 1.58. The topological polar surface area (TPSA) is 76.0 Å². The molecule has 23 heavy (non-hydrogen) atoms. The smallest absolute Gasteiger partial charge is 0.246 e. The van der Waals surface area contributed by atoms with E-state index < -0.39 is 0 Å². The van der Waals surface area contributed by atoms with Crippen LogP contribution in [0.4, 0.5) is 5.13 Å². The molecule has 0 aliphatic carbocycles. The number of nitrogens with one attached hydrogen (secondary N) is 2. The fourth-order valence-electron chi connectivity index (χ4n) is 2.29. The monoisotopic (exact) mass is 328 g/mol. The first-order valence-electron chi connectivity index (χ1n) is 7.14. The van der Waals surface area contributed by atoms with E-state index in [1.807, 2.05) is 41.1 Å². The largest absolute Gasteiger partial charge is 0.359 e. The van der Waals surface area contributed by atoms with E-state index in [1.165, 1.54) is 11.3 Å². The first-order chi connectivity index (χ1) is 11.2. The first kappa shape index (κ1) is 15.2. The summed E-state index contributed by atoms with van der Waals surface area (Å²) in [6.45, 7) is 0.220. The second kappa shape index (κ2) is 6.62. The van der Waals surface area contributed by atoms with E-state index in [2.05, 4.69) is 15.6 Å². The number of fused-ring (bicyclic) bond motifs is 1. The minimum Gasteiger partial charge on any atom is -0.359 e. The molecule has 6 nitrogen and oxygen atoms in total. The van der Waals surface area contributed by atoms with Crippen molar-refractivity contribution in [2.24, 2.45) is 0 Å². The summed E-state index contributed by atoms with van der Waals surface area (Å²) in [5.41, 5.74) is 1.66. The SMILES string of the molecule is CNC(=O)Cc1csc(NC(=O)Cn2ccc3ccccc32)n1. The molecule has 0 radical (unpaired) electrons. The van der Waals surface area contributed by atoms with Crippen molar-refractivity contribution in [1.29, 1.82) is 0 Å². The van der Waals surface area contributed by atoms with Gasteiger partial charge in [-0.05, 0) is 17.5 Å². The van der Waals surface area contributed by atoms with Gasteiger partial charge in [0.15, 0.2) is 5.13 Å². The Hall–Kier alpha value is -2.67. The van der Waals surface area contributed by atoms with Gasteiger partial charge in [0, 0.05) is 24.1 Å². The quantitative estimate of drug-likeness (QED) is 0.752. The molecule has 3 rings (SSSR count). The Kier molecular flexibility index (Phi) is 4.38. The molecule has 118 valence electrons. The number of thiazole rings is 1. The maximum atomic E-state index is 12.2. The molecule has 7 heteroatoms. The van der Waals surface area contributed by atoms with Gasteiger partial charge in [-0.3, -0.25) is 9.59 Å². The van der Waals surface area contributed by atoms with Gasteiger partial charge in [0.1, 0.15) is 6.54 Å². The van der Waals surface area contributed by atoms with Crippen molar-refractivity contribution in [2.45, 2.75) is 13.0 Å². The Balaban J connectivity index is 1.64. The van der Waals surface area contributed by atoms with Crippen molar-refractivity contribution in [3.8, 4) is 0 Å². The van der Waals surface area contributed by atoms with Crippen molar-refractivity contribution in [3.05, 3.63) is 47.6 Å². The molecule has 2 amide bonds. The summed E-state index contributed by atoms with van der Waals surface area (Å²) in [5, 5.41) is 8.70. The molecule has 0 bridgehead atoms. The number of carbonyl (C=O) groups is 2. The van der Waals surface area contributed by atoms with Gasteiger partial charge in [-0.15, -0.1) is 11.3 Å². The summed E-state index contributed by atoms with van der Waals surface area (Å²) in [5.74, 6) is -0.251. The second-order valence-electron chi connectivity index (χ2n) is 5.04. The zero-order valence-corrected chi connectivity index (χ0v) is 13.4. The zero-order chi connectivity index (χ0) is 16.2. The van der Waals surface area contributed by atoms with E-state index in [0.717, 1.165) is 10.9 Å². The molecule has 1 aromatic carbocycles. The van der Waals surface area contributed by atoms with Crippen LogP contribution in [0.15, 0.2) is 41.9 Å². The predicted molar refractivity (Wildman–Crippen MR) is 90.5 cm³/mol. The third kappa shape index (κ3) is 3.57. The number of amides is 2. The van der Waals surface area contributed by atoms with Crippen LogP contribution in [0.2, 0.25) is 0 Å². The maximum Gasteiger partial charge on any atom is 0.246 e. The Morgan fingerprint density at radius 1 is 1.22 bits per heavy atom. The highest BCUT2D eigenvalue weighted by atomic mass is 32.1. The summed E-state index contributed by atoms with van der Waals surface area (Å²) in [4.78, 5) is 27.7. The number of hydrogen-bond donors (Lipinski definition) is 2. The molecule has 2 aromatic heterocycles. The standard InChI is InChI=1S/C16H16N4O2S/c1-17-14(21)8-12-10-23-16(18-12)19-15(22)9-20-7-6-11-4-2-3-5-13(11)20/h2-7,10H,8-9H2,1H3,(H,17,21)(H,18,19,22). The molecule has 0 saturated carbocycles. The van der Waals surface area contributed by atoms with Crippen LogP contribution in [0.25, 0.3) is 10.9 Å². The van der Waals surface area contributed by atoms with Crippen LogP contribution in [0.3, 0.4) is 0 Å². The number of benzene rings is 1. The minimum atomic E-state index is -0.146. The molecule has 0 fully saturated rings. The molecule has 0 aliphatic heterocycles. The number of nitrogens with zero attached hydrogens (tertiary/aromatic N) is 2. The average Bonchev–Trinajstić information content (AvgIpc) is 3.15. The molecular formula is C16H16N4O2S. The molecule has 2 N–H and O–H groups in total. The van der Waals surface area contributed by atoms with Crippen molar-refractivity contribution in [3.63, 3.8) is 0 Å². The Morgan fingerprint density at radius 2 is 2.04 bits per heavy atom. The summed E-state index contributed by atoms with van der Waals surface area (Å²) in [6, 6.07) is 9.88. The van der Waals surface area contributed by atoms with E-state index >= 15 is 0 Å². The molecule has 0 aliphatic rings. The molecule has 0 saturated heterocycles. The fraction of sp³-hybridized carbons (Fsp3) is 0.188. The van der Waals surface area contributed by atoms with Gasteiger partial charge in [-0.1, -0.05) is 18.2 Å². The van der Waals surface area contributed by atoms with Gasteiger partial charge in [-0.25, -0.2) is 4.98 Å². The van der Waals surface area contributed by atoms with Gasteiger partial charge in [0.2, 0.25) is 11.8 Å². The lowest BCUT2D eigenvalue weighted by Gasteiger charge is -2.05. The Morgan fingerprint density at radius 3 is 2.87 bits per heavy atom. The van der Waals surface area contributed by atoms with Crippen LogP contribution < -0.4 is 10.6 Å². The van der Waals surface area contributed by atoms with Crippen LogP contribution in [0, 0.1) is 0 Å². The van der Waals surface area contributed by atoms with Crippen LogP contribution in [-0.2, 0) is 22.6 Å². The van der Waals surface area contributed by atoms with E-state index in [9.17, 15) is 9.59 Å². The van der Waals surface area contributed by atoms with Crippen molar-refractivity contribution < 1.29 is 9.59 Å². The lowest BCUT2D eigenvalue weighted by atomic mass is 10.2. The highest BCUT2D eigenvalue weighted by Gasteiger charge is 2.10. The van der Waals surface area contributed by atoms with Crippen molar-refractivity contribution in [1.82, 2.24) is 14.9 Å². The molecule has 2 heterocycles. The summed E-state index contributed by atoms with van der Waals surface area (Å²) >= 11 is 1.31. The highest BCUT2D eigenvalue weighted by Crippen LogP contribution is 2.17. The molecule has 0 unspecified atom stereocenters. The number of anilines is 1. The third-order valence-electron chi connectivity index (χ3n) is 3.41. The highest BCUT2D eigenvalue weighted by molar-refractivity contribution is 7.13. The normalized spacial score (nSPS) is 10.7. The van der Waals surface area contributed by atoms with Crippen LogP contribution in [-0.4, -0.2) is 28.4 Å². The lowest BCUT2D eigenvalue weighted by Crippen LogP contribution is -2.20. The Labute approximate surface area is 137 Å². The fourth-order valence-corrected chi connectivity index (χ4v) is 3.02. The van der Waals surface area contributed by atoms with E-state index in [1.54, 1.807) is 12.4 Å². The molecular weight excluding hydrogens is 312 g/mol. The van der Waals surface area contributed by atoms with Gasteiger partial charge in [-0.2, -0.15) is 0 Å². The summed E-state index contributed by atoms with van der Waals surface area (Å²) < 4.78 is 1.89. The number of likely N-dealkylation sites (N-methyl/N-ethyl adjacent to an activating group) is 1. The molecule has 0 atom stereocenters.